The lowest BCUT2D eigenvalue weighted by Crippen LogP contribution is -2.11. The molecule has 1 aromatic heterocycles. The molecule has 0 fully saturated rings. The Hall–Kier alpha value is -1.59. The molecule has 0 bridgehead atoms. The summed E-state index contributed by atoms with van der Waals surface area (Å²) in [5, 5.41) is 0. The van der Waals surface area contributed by atoms with E-state index < -0.39 is 23.1 Å². The zero-order valence-corrected chi connectivity index (χ0v) is 6.30. The molecule has 0 atom stereocenters. The van der Waals surface area contributed by atoms with Gasteiger partial charge in [-0.3, -0.25) is 9.78 Å². The number of aromatic nitrogens is 1. The summed E-state index contributed by atoms with van der Waals surface area (Å²) < 4.78 is 36.4. The molecular weight excluding hydrogens is 185 g/mol. The van der Waals surface area contributed by atoms with Crippen molar-refractivity contribution in [1.82, 2.24) is 4.98 Å². The van der Waals surface area contributed by atoms with Crippen LogP contribution in [-0.2, 0) is 6.18 Å². The Morgan fingerprint density at radius 1 is 1.46 bits per heavy atom. The summed E-state index contributed by atoms with van der Waals surface area (Å²) >= 11 is 0. The maximum Gasteiger partial charge on any atom is 0.418 e. The van der Waals surface area contributed by atoms with Crippen LogP contribution in [0.15, 0.2) is 12.3 Å². The van der Waals surface area contributed by atoms with Crippen molar-refractivity contribution in [3.8, 4) is 0 Å². The number of nitrogens with two attached hydrogens (primary N) is 1. The molecule has 0 saturated heterocycles. The Kier molecular flexibility index (Phi) is 2.22. The zero-order chi connectivity index (χ0) is 10.1. The van der Waals surface area contributed by atoms with Crippen LogP contribution < -0.4 is 5.73 Å². The Labute approximate surface area is 71.4 Å². The number of hydrogen-bond donors (Lipinski definition) is 1. The van der Waals surface area contributed by atoms with Gasteiger partial charge in [0.15, 0.2) is 6.29 Å². The molecule has 0 aliphatic heterocycles. The number of hydrogen-bond acceptors (Lipinski definition) is 3. The summed E-state index contributed by atoms with van der Waals surface area (Å²) in [4.78, 5) is 13.6. The lowest BCUT2D eigenvalue weighted by atomic mass is 10.2. The molecule has 0 spiro atoms. The van der Waals surface area contributed by atoms with Gasteiger partial charge in [-0.2, -0.15) is 13.2 Å². The number of carbonyl (C=O) groups excluding carboxylic acids is 1. The average molecular weight is 190 g/mol. The summed E-state index contributed by atoms with van der Waals surface area (Å²) in [6, 6.07) is 0.725. The number of nitrogens with zero attached hydrogens (tertiary/aromatic N) is 1. The molecule has 1 rings (SSSR count). The van der Waals surface area contributed by atoms with Crippen molar-refractivity contribution in [2.45, 2.75) is 6.18 Å². The summed E-state index contributed by atoms with van der Waals surface area (Å²) in [5.74, 6) is 0. The Balaban J connectivity index is 3.32. The van der Waals surface area contributed by atoms with Crippen LogP contribution in [0.1, 0.15) is 16.1 Å². The highest BCUT2D eigenvalue weighted by atomic mass is 19.4. The molecule has 0 unspecified atom stereocenters. The third-order valence-corrected chi connectivity index (χ3v) is 1.44. The number of alkyl halides is 3. The van der Waals surface area contributed by atoms with Crippen molar-refractivity contribution >= 4 is 12.0 Å². The summed E-state index contributed by atoms with van der Waals surface area (Å²) in [5.41, 5.74) is 3.00. The standard InChI is InChI=1S/C7H5F3N2O/c8-7(9,10)4-1-2-12-5(3-13)6(4)11/h1-3H,11H2. The predicted octanol–water partition coefficient (Wildman–Crippen LogP) is 1.50. The first-order valence-corrected chi connectivity index (χ1v) is 3.23. The number of halogens is 3. The molecule has 1 heterocycles. The van der Waals surface area contributed by atoms with E-state index in [0.29, 0.717) is 0 Å². The van der Waals surface area contributed by atoms with E-state index in [-0.39, 0.29) is 6.29 Å². The molecule has 0 aromatic carbocycles. The van der Waals surface area contributed by atoms with Crippen molar-refractivity contribution in [2.24, 2.45) is 0 Å². The van der Waals surface area contributed by atoms with Gasteiger partial charge >= 0.3 is 6.18 Å². The molecule has 13 heavy (non-hydrogen) atoms. The Morgan fingerprint density at radius 2 is 2.08 bits per heavy atom. The van der Waals surface area contributed by atoms with Crippen molar-refractivity contribution in [1.29, 1.82) is 0 Å². The van der Waals surface area contributed by atoms with Crippen LogP contribution in [0, 0.1) is 0 Å². The quantitative estimate of drug-likeness (QED) is 0.682. The van der Waals surface area contributed by atoms with Gasteiger partial charge in [0.2, 0.25) is 0 Å². The second kappa shape index (κ2) is 3.04. The van der Waals surface area contributed by atoms with Crippen LogP contribution in [0.5, 0.6) is 0 Å². The molecule has 6 heteroatoms. The topological polar surface area (TPSA) is 56.0 Å². The summed E-state index contributed by atoms with van der Waals surface area (Å²) in [6.45, 7) is 0. The van der Waals surface area contributed by atoms with Crippen molar-refractivity contribution in [2.75, 3.05) is 5.73 Å². The highest BCUT2D eigenvalue weighted by molar-refractivity contribution is 5.81. The van der Waals surface area contributed by atoms with Crippen molar-refractivity contribution in [3.05, 3.63) is 23.5 Å². The van der Waals surface area contributed by atoms with Crippen LogP contribution in [0.25, 0.3) is 0 Å². The minimum atomic E-state index is -4.55. The van der Waals surface area contributed by atoms with Gasteiger partial charge in [-0.1, -0.05) is 0 Å². The van der Waals surface area contributed by atoms with E-state index in [2.05, 4.69) is 4.98 Å². The fourth-order valence-electron chi connectivity index (χ4n) is 0.831. The van der Waals surface area contributed by atoms with Gasteiger partial charge in [0.1, 0.15) is 5.69 Å². The first-order chi connectivity index (χ1) is 5.96. The monoisotopic (exact) mass is 190 g/mol. The molecule has 1 aromatic rings. The fourth-order valence-corrected chi connectivity index (χ4v) is 0.831. The van der Waals surface area contributed by atoms with E-state index in [4.69, 9.17) is 5.73 Å². The molecule has 0 saturated carbocycles. The number of pyridine rings is 1. The van der Waals surface area contributed by atoms with Gasteiger partial charge in [-0.05, 0) is 6.07 Å². The molecule has 0 radical (unpaired) electrons. The van der Waals surface area contributed by atoms with Crippen LogP contribution in [-0.4, -0.2) is 11.3 Å². The number of nitrogen functional groups attached to an aromatic ring is 1. The first kappa shape index (κ1) is 9.50. The van der Waals surface area contributed by atoms with Gasteiger partial charge in [0, 0.05) is 6.20 Å². The fraction of sp³-hybridized carbons (Fsp3) is 0.143. The van der Waals surface area contributed by atoms with E-state index in [0.717, 1.165) is 12.3 Å². The van der Waals surface area contributed by atoms with E-state index in [1.807, 2.05) is 0 Å². The van der Waals surface area contributed by atoms with Crippen LogP contribution in [0.4, 0.5) is 18.9 Å². The maximum absolute atomic E-state index is 12.1. The Bertz CT molecular complexity index is 335. The van der Waals surface area contributed by atoms with Crippen molar-refractivity contribution in [3.63, 3.8) is 0 Å². The van der Waals surface area contributed by atoms with Gasteiger partial charge in [-0.15, -0.1) is 0 Å². The highest BCUT2D eigenvalue weighted by Crippen LogP contribution is 2.33. The van der Waals surface area contributed by atoms with E-state index in [9.17, 15) is 18.0 Å². The van der Waals surface area contributed by atoms with Crippen LogP contribution in [0.3, 0.4) is 0 Å². The largest absolute Gasteiger partial charge is 0.418 e. The molecule has 3 nitrogen and oxygen atoms in total. The van der Waals surface area contributed by atoms with E-state index >= 15 is 0 Å². The average Bonchev–Trinajstić information content (AvgIpc) is 2.02. The molecule has 70 valence electrons. The normalized spacial score (nSPS) is 11.3. The number of aldehydes is 1. The second-order valence-corrected chi connectivity index (χ2v) is 2.27. The third kappa shape index (κ3) is 1.77. The van der Waals surface area contributed by atoms with Crippen LogP contribution in [0.2, 0.25) is 0 Å². The molecule has 0 amide bonds. The minimum Gasteiger partial charge on any atom is -0.396 e. The minimum absolute atomic E-state index is 0.185. The predicted molar refractivity (Wildman–Crippen MR) is 39.0 cm³/mol. The lowest BCUT2D eigenvalue weighted by molar-refractivity contribution is -0.137. The van der Waals surface area contributed by atoms with Gasteiger partial charge in [-0.25, -0.2) is 0 Å². The second-order valence-electron chi connectivity index (χ2n) is 2.27. The lowest BCUT2D eigenvalue weighted by Gasteiger charge is -2.09. The number of anilines is 1. The molecule has 2 N–H and O–H groups in total. The number of rotatable bonds is 1. The first-order valence-electron chi connectivity index (χ1n) is 3.23. The van der Waals surface area contributed by atoms with Gasteiger partial charge in [0.25, 0.3) is 0 Å². The summed E-state index contributed by atoms with van der Waals surface area (Å²) in [7, 11) is 0. The smallest absolute Gasteiger partial charge is 0.396 e. The zero-order valence-electron chi connectivity index (χ0n) is 6.30. The SMILES string of the molecule is Nc1c(C(F)(F)F)ccnc1C=O. The van der Waals surface area contributed by atoms with Gasteiger partial charge < -0.3 is 5.73 Å². The third-order valence-electron chi connectivity index (χ3n) is 1.44. The van der Waals surface area contributed by atoms with E-state index in [1.165, 1.54) is 0 Å². The van der Waals surface area contributed by atoms with Crippen LogP contribution >= 0.6 is 0 Å². The number of carbonyl (C=O) groups is 1. The molecule has 0 aliphatic rings. The van der Waals surface area contributed by atoms with Gasteiger partial charge in [0.05, 0.1) is 11.3 Å². The highest BCUT2D eigenvalue weighted by Gasteiger charge is 2.33. The van der Waals surface area contributed by atoms with E-state index in [1.54, 1.807) is 0 Å². The summed E-state index contributed by atoms with van der Waals surface area (Å²) in [6.07, 6.45) is -3.47. The maximum atomic E-state index is 12.1. The molecule has 0 aliphatic carbocycles. The molecular formula is C7H5F3N2O. The Morgan fingerprint density at radius 3 is 2.54 bits per heavy atom. The van der Waals surface area contributed by atoms with Crippen molar-refractivity contribution < 1.29 is 18.0 Å².